The van der Waals surface area contributed by atoms with Gasteiger partial charge in [-0.15, -0.1) is 0 Å². The first-order valence-electron chi connectivity index (χ1n) is 8.55. The molecule has 0 aromatic heterocycles. The predicted molar refractivity (Wildman–Crippen MR) is 110 cm³/mol. The molecule has 2 nitrogen and oxygen atoms in total. The van der Waals surface area contributed by atoms with Crippen LogP contribution in [0.4, 0.5) is 11.4 Å². The van der Waals surface area contributed by atoms with Crippen molar-refractivity contribution in [3.05, 3.63) is 59.6 Å². The molecule has 0 unspecified atom stereocenters. The van der Waals surface area contributed by atoms with Gasteiger partial charge in [0.1, 0.15) is 0 Å². The molecule has 1 heterocycles. The number of hydrogen-bond acceptors (Lipinski definition) is 3. The number of benzene rings is 3. The first-order valence-corrected chi connectivity index (χ1v) is 9.74. The highest BCUT2D eigenvalue weighted by atomic mass is 35.5. The van der Waals surface area contributed by atoms with Crippen molar-refractivity contribution in [2.45, 2.75) is 16.2 Å². The second kappa shape index (κ2) is 6.91. The van der Waals surface area contributed by atoms with Gasteiger partial charge < -0.3 is 9.80 Å². The average Bonchev–Trinajstić information content (AvgIpc) is 2.61. The van der Waals surface area contributed by atoms with Crippen LogP contribution in [0.3, 0.4) is 0 Å². The van der Waals surface area contributed by atoms with Gasteiger partial charge in [-0.2, -0.15) is 0 Å². The zero-order chi connectivity index (χ0) is 17.4. The minimum absolute atomic E-state index is 0.793. The summed E-state index contributed by atoms with van der Waals surface area (Å²) in [5.41, 5.74) is 2.51. The van der Waals surface area contributed by atoms with Crippen LogP contribution in [0, 0.1) is 0 Å². The van der Waals surface area contributed by atoms with Crippen LogP contribution >= 0.6 is 23.4 Å². The van der Waals surface area contributed by atoms with Crippen molar-refractivity contribution in [3.63, 3.8) is 0 Å². The van der Waals surface area contributed by atoms with Crippen LogP contribution in [0.25, 0.3) is 10.8 Å². The first-order chi connectivity index (χ1) is 12.1. The van der Waals surface area contributed by atoms with Crippen LogP contribution in [0.2, 0.25) is 5.02 Å². The fraction of sp³-hybridized carbons (Fsp3) is 0.238. The maximum atomic E-state index is 6.30. The van der Waals surface area contributed by atoms with Crippen LogP contribution in [0.1, 0.15) is 6.42 Å². The van der Waals surface area contributed by atoms with Crippen molar-refractivity contribution in [1.82, 2.24) is 4.90 Å². The van der Waals surface area contributed by atoms with Gasteiger partial charge in [0.15, 0.2) is 0 Å². The molecule has 3 aromatic rings. The zero-order valence-electron chi connectivity index (χ0n) is 14.5. The molecule has 0 radical (unpaired) electrons. The number of anilines is 2. The molecule has 0 aliphatic carbocycles. The van der Waals surface area contributed by atoms with Crippen molar-refractivity contribution in [2.75, 3.05) is 32.1 Å². The monoisotopic (exact) mass is 368 g/mol. The van der Waals surface area contributed by atoms with Gasteiger partial charge in [-0.25, -0.2) is 0 Å². The van der Waals surface area contributed by atoms with E-state index in [9.17, 15) is 0 Å². The van der Waals surface area contributed by atoms with Crippen molar-refractivity contribution >= 4 is 45.5 Å². The second-order valence-corrected chi connectivity index (χ2v) is 8.15. The van der Waals surface area contributed by atoms with E-state index < -0.39 is 0 Å². The lowest BCUT2D eigenvalue weighted by molar-refractivity contribution is 0.402. The molecule has 1 aliphatic rings. The Balaban J connectivity index is 1.82. The highest BCUT2D eigenvalue weighted by Crippen LogP contribution is 2.51. The molecular formula is C21H21ClN2S. The van der Waals surface area contributed by atoms with Crippen molar-refractivity contribution < 1.29 is 0 Å². The molecule has 0 fully saturated rings. The van der Waals surface area contributed by atoms with E-state index in [2.05, 4.69) is 72.4 Å². The van der Waals surface area contributed by atoms with E-state index in [1.54, 1.807) is 0 Å². The fourth-order valence-corrected chi connectivity index (χ4v) is 4.74. The summed E-state index contributed by atoms with van der Waals surface area (Å²) in [6.45, 7) is 2.06. The van der Waals surface area contributed by atoms with Gasteiger partial charge in [-0.1, -0.05) is 53.7 Å². The molecule has 1 aliphatic heterocycles. The summed E-state index contributed by atoms with van der Waals surface area (Å²) >= 11 is 8.16. The first kappa shape index (κ1) is 16.8. The number of rotatable bonds is 4. The lowest BCUT2D eigenvalue weighted by Gasteiger charge is -2.34. The van der Waals surface area contributed by atoms with E-state index in [0.29, 0.717) is 0 Å². The normalized spacial score (nSPS) is 13.2. The molecule has 0 spiro atoms. The molecule has 4 rings (SSSR count). The second-order valence-electron chi connectivity index (χ2n) is 6.66. The third kappa shape index (κ3) is 3.24. The van der Waals surface area contributed by atoms with Crippen LogP contribution < -0.4 is 4.90 Å². The van der Waals surface area contributed by atoms with Gasteiger partial charge in [0.25, 0.3) is 0 Å². The van der Waals surface area contributed by atoms with E-state index >= 15 is 0 Å². The summed E-state index contributed by atoms with van der Waals surface area (Å²) in [5.74, 6) is 0. The maximum absolute atomic E-state index is 6.30. The smallest absolute Gasteiger partial charge is 0.0567 e. The topological polar surface area (TPSA) is 6.48 Å². The summed E-state index contributed by atoms with van der Waals surface area (Å²) in [6, 6.07) is 19.3. The Bertz CT molecular complexity index is 923. The lowest BCUT2D eigenvalue weighted by Crippen LogP contribution is -2.25. The van der Waals surface area contributed by atoms with Crippen molar-refractivity contribution in [2.24, 2.45) is 0 Å². The summed E-state index contributed by atoms with van der Waals surface area (Å²) in [5, 5.41) is 3.41. The molecular weight excluding hydrogens is 348 g/mol. The minimum atomic E-state index is 0.793. The van der Waals surface area contributed by atoms with Crippen molar-refractivity contribution in [3.8, 4) is 0 Å². The predicted octanol–water partition coefficient (Wildman–Crippen LogP) is 6.05. The molecule has 0 saturated heterocycles. The third-order valence-corrected chi connectivity index (χ3v) is 5.99. The molecule has 0 amide bonds. The van der Waals surface area contributed by atoms with Crippen LogP contribution in [-0.4, -0.2) is 32.1 Å². The summed E-state index contributed by atoms with van der Waals surface area (Å²) in [4.78, 5) is 7.29. The number of fused-ring (bicyclic) bond motifs is 4. The van der Waals surface area contributed by atoms with E-state index in [1.165, 1.54) is 31.9 Å². The average molecular weight is 369 g/mol. The molecule has 4 heteroatoms. The molecule has 0 bridgehead atoms. The Morgan fingerprint density at radius 1 is 1.00 bits per heavy atom. The number of halogens is 1. The summed E-state index contributed by atoms with van der Waals surface area (Å²) in [7, 11) is 4.25. The molecule has 3 aromatic carbocycles. The summed E-state index contributed by atoms with van der Waals surface area (Å²) in [6.07, 6.45) is 1.11. The van der Waals surface area contributed by atoms with Gasteiger partial charge in [0.2, 0.25) is 0 Å². The van der Waals surface area contributed by atoms with Gasteiger partial charge in [-0.05, 0) is 62.1 Å². The van der Waals surface area contributed by atoms with E-state index in [-0.39, 0.29) is 0 Å². The van der Waals surface area contributed by atoms with Crippen LogP contribution in [0.5, 0.6) is 0 Å². The highest BCUT2D eigenvalue weighted by molar-refractivity contribution is 8.00. The minimum Gasteiger partial charge on any atom is -0.340 e. The lowest BCUT2D eigenvalue weighted by atomic mass is 10.1. The Hall–Kier alpha value is -1.68. The largest absolute Gasteiger partial charge is 0.340 e. The number of nitrogens with zero attached hydrogens (tertiary/aromatic N) is 2. The van der Waals surface area contributed by atoms with Gasteiger partial charge >= 0.3 is 0 Å². The standard InChI is InChI=1S/C21H21ClN2S/c1-23(2)12-5-13-24-18-10-8-15-6-3-4-7-17(15)21(18)25-20-11-9-16(22)14-19(20)24/h3-4,6-11,14H,5,12-13H2,1-2H3. The molecule has 25 heavy (non-hydrogen) atoms. The van der Waals surface area contributed by atoms with Crippen LogP contribution in [-0.2, 0) is 0 Å². The quantitative estimate of drug-likeness (QED) is 0.553. The SMILES string of the molecule is CN(C)CCCN1c2cc(Cl)ccc2Sc2c1ccc1ccccc21. The molecule has 0 atom stereocenters. The Morgan fingerprint density at radius 3 is 2.68 bits per heavy atom. The Morgan fingerprint density at radius 2 is 1.84 bits per heavy atom. The van der Waals surface area contributed by atoms with Crippen molar-refractivity contribution in [1.29, 1.82) is 0 Å². The summed E-state index contributed by atoms with van der Waals surface area (Å²) < 4.78 is 0. The molecule has 128 valence electrons. The van der Waals surface area contributed by atoms with E-state index in [0.717, 1.165) is 24.5 Å². The zero-order valence-corrected chi connectivity index (χ0v) is 16.1. The van der Waals surface area contributed by atoms with Gasteiger partial charge in [-0.3, -0.25) is 0 Å². The number of hydrogen-bond donors (Lipinski definition) is 0. The van der Waals surface area contributed by atoms with E-state index in [4.69, 9.17) is 11.6 Å². The van der Waals surface area contributed by atoms with Crippen LogP contribution in [0.15, 0.2) is 64.4 Å². The molecule has 0 saturated carbocycles. The Kier molecular flexibility index (Phi) is 4.63. The third-order valence-electron chi connectivity index (χ3n) is 4.56. The van der Waals surface area contributed by atoms with Gasteiger partial charge in [0, 0.05) is 21.4 Å². The van der Waals surface area contributed by atoms with E-state index in [1.807, 2.05) is 17.8 Å². The Labute approximate surface area is 158 Å². The fourth-order valence-electron chi connectivity index (χ4n) is 3.36. The highest BCUT2D eigenvalue weighted by Gasteiger charge is 2.25. The maximum Gasteiger partial charge on any atom is 0.0567 e. The molecule has 0 N–H and O–H groups in total. The van der Waals surface area contributed by atoms with Gasteiger partial charge in [0.05, 0.1) is 11.4 Å².